The zero-order valence-electron chi connectivity index (χ0n) is 20.9. The minimum Gasteiger partial charge on any atom is -0.461 e. The lowest BCUT2D eigenvalue weighted by atomic mass is 10.2. The van der Waals surface area contributed by atoms with Gasteiger partial charge in [0.2, 0.25) is 8.32 Å². The lowest BCUT2D eigenvalue weighted by molar-refractivity contribution is -0.142. The summed E-state index contributed by atoms with van der Waals surface area (Å²) in [6, 6.07) is 19.0. The van der Waals surface area contributed by atoms with Crippen molar-refractivity contribution in [2.24, 2.45) is 0 Å². The minimum absolute atomic E-state index is 0.132. The summed E-state index contributed by atoms with van der Waals surface area (Å²) in [6.07, 6.45) is 0.711. The van der Waals surface area contributed by atoms with Crippen molar-refractivity contribution in [3.63, 3.8) is 0 Å². The molecule has 0 unspecified atom stereocenters. The molecule has 184 valence electrons. The second-order valence-electron chi connectivity index (χ2n) is 10.0. The first-order valence-electron chi connectivity index (χ1n) is 11.1. The zero-order valence-corrected chi connectivity index (χ0v) is 21.9. The van der Waals surface area contributed by atoms with E-state index in [-0.39, 0.29) is 35.3 Å². The van der Waals surface area contributed by atoms with Crippen LogP contribution in [-0.4, -0.2) is 36.1 Å². The summed E-state index contributed by atoms with van der Waals surface area (Å²) in [5.41, 5.74) is 9.85. The first kappa shape index (κ1) is 29.0. The van der Waals surface area contributed by atoms with Gasteiger partial charge in [-0.1, -0.05) is 102 Å². The molecule has 0 fully saturated rings. The quantitative estimate of drug-likeness (QED) is 0.189. The van der Waals surface area contributed by atoms with Gasteiger partial charge in [-0.25, -0.2) is 4.79 Å². The Morgan fingerprint density at radius 3 is 1.65 bits per heavy atom. The Kier molecular flexibility index (Phi) is 11.1. The molecular weight excluding hydrogens is 448 g/mol. The molecule has 0 spiro atoms. The van der Waals surface area contributed by atoms with Crippen LogP contribution in [0.2, 0.25) is 16.1 Å². The zero-order chi connectivity index (χ0) is 25.8. The predicted molar refractivity (Wildman–Crippen MR) is 134 cm³/mol. The van der Waals surface area contributed by atoms with E-state index in [1.54, 1.807) is 0 Å². The van der Waals surface area contributed by atoms with Crippen molar-refractivity contribution < 1.29 is 28.6 Å². The summed E-state index contributed by atoms with van der Waals surface area (Å²) >= 11 is 0. The van der Waals surface area contributed by atoms with Gasteiger partial charge in [-0.3, -0.25) is 4.79 Å². The van der Waals surface area contributed by atoms with Gasteiger partial charge in [-0.15, -0.1) is 0 Å². The van der Waals surface area contributed by atoms with Gasteiger partial charge in [0.25, 0.3) is 0 Å². The Hall–Kier alpha value is -3.06. The third-order valence-electron chi connectivity index (χ3n) is 5.51. The maximum absolute atomic E-state index is 12.2. The van der Waals surface area contributed by atoms with Crippen molar-refractivity contribution in [3.8, 4) is 0 Å². The molecule has 0 aliphatic rings. The maximum atomic E-state index is 12.2. The number of rotatable bonds is 7. The molecule has 2 aromatic rings. The van der Waals surface area contributed by atoms with E-state index in [0.29, 0.717) is 6.21 Å². The molecule has 2 aromatic carbocycles. The summed E-state index contributed by atoms with van der Waals surface area (Å²) in [4.78, 5) is 36.6. The second-order valence-corrected chi connectivity index (χ2v) is 15.1. The van der Waals surface area contributed by atoms with Crippen molar-refractivity contribution in [1.82, 2.24) is 0 Å². The fraction of sp³-hybridized carbons (Fsp3) is 0.423. The average molecular weight is 485 g/mol. The highest BCUT2D eigenvalue weighted by molar-refractivity contribution is 6.80. The monoisotopic (exact) mass is 484 g/mol. The SMILES string of the molecule is CC(C)(C)[Si](O)(CC(=O)OCc1ccccc1)C(C)(C)C.[N-]=[N+]=CC(=O)OCc1ccccc1. The van der Waals surface area contributed by atoms with E-state index in [1.807, 2.05) is 102 Å². The number of carbonyl (C=O) groups excluding carboxylic acids is 2. The predicted octanol–water partition coefficient (Wildman–Crippen LogP) is 5.30. The largest absolute Gasteiger partial charge is 0.461 e. The molecule has 34 heavy (non-hydrogen) atoms. The molecule has 7 nitrogen and oxygen atoms in total. The van der Waals surface area contributed by atoms with E-state index in [4.69, 9.17) is 15.0 Å². The van der Waals surface area contributed by atoms with Crippen LogP contribution >= 0.6 is 0 Å². The highest BCUT2D eigenvalue weighted by atomic mass is 28.4. The molecule has 0 bridgehead atoms. The number of hydrogen-bond donors (Lipinski definition) is 1. The summed E-state index contributed by atoms with van der Waals surface area (Å²) in [5, 5.41) is -0.561. The van der Waals surface area contributed by atoms with Gasteiger partial charge in [0, 0.05) is 0 Å². The second kappa shape index (κ2) is 13.0. The topological polar surface area (TPSA) is 109 Å². The molecule has 1 N–H and O–H groups in total. The van der Waals surface area contributed by atoms with Crippen molar-refractivity contribution in [3.05, 3.63) is 77.3 Å². The van der Waals surface area contributed by atoms with E-state index in [1.165, 1.54) is 0 Å². The third kappa shape index (κ3) is 9.43. The normalized spacial score (nSPS) is 11.4. The van der Waals surface area contributed by atoms with Crippen LogP contribution in [0.25, 0.3) is 5.53 Å². The van der Waals surface area contributed by atoms with Gasteiger partial charge in [0.05, 0.1) is 6.04 Å². The van der Waals surface area contributed by atoms with Gasteiger partial charge >= 0.3 is 18.2 Å². The van der Waals surface area contributed by atoms with Crippen LogP contribution < -0.4 is 0 Å². The first-order chi connectivity index (χ1) is 15.8. The molecule has 0 aliphatic heterocycles. The Balaban J connectivity index is 0.000000380. The van der Waals surface area contributed by atoms with Crippen molar-refractivity contribution >= 4 is 26.5 Å². The molecule has 8 heteroatoms. The van der Waals surface area contributed by atoms with Crippen LogP contribution in [0, 0.1) is 0 Å². The highest BCUT2D eigenvalue weighted by Crippen LogP contribution is 2.51. The number of hydrogen-bond acceptors (Lipinski definition) is 5. The van der Waals surface area contributed by atoms with Crippen LogP contribution in [0.4, 0.5) is 0 Å². The number of ether oxygens (including phenoxy) is 2. The fourth-order valence-corrected chi connectivity index (χ4v) is 7.30. The number of nitrogens with zero attached hydrogens (tertiary/aromatic N) is 2. The van der Waals surface area contributed by atoms with Gasteiger partial charge in [0.15, 0.2) is 0 Å². The Bertz CT molecular complexity index is 946. The van der Waals surface area contributed by atoms with Crippen LogP contribution in [0.15, 0.2) is 60.7 Å². The Labute approximate surface area is 203 Å². The molecule has 0 atom stereocenters. The Morgan fingerprint density at radius 1 is 0.853 bits per heavy atom. The smallest absolute Gasteiger partial charge is 0.413 e. The van der Waals surface area contributed by atoms with E-state index in [9.17, 15) is 14.4 Å². The average Bonchev–Trinajstić information content (AvgIpc) is 2.77. The molecule has 0 heterocycles. The van der Waals surface area contributed by atoms with Crippen molar-refractivity contribution in [2.45, 2.75) is 70.9 Å². The summed E-state index contributed by atoms with van der Waals surface area (Å²) in [7, 11) is -2.83. The van der Waals surface area contributed by atoms with Gasteiger partial charge < -0.3 is 19.8 Å². The van der Waals surface area contributed by atoms with Gasteiger partial charge in [0.1, 0.15) is 13.2 Å². The fourth-order valence-electron chi connectivity index (χ4n) is 3.47. The first-order valence-corrected chi connectivity index (χ1v) is 13.3. The van der Waals surface area contributed by atoms with E-state index in [2.05, 4.69) is 4.79 Å². The lowest BCUT2D eigenvalue weighted by Crippen LogP contribution is -2.53. The molecule has 2 rings (SSSR count). The molecular formula is C26H36N2O5Si. The standard InChI is InChI=1S/C17H28O3Si.C9H8N2O2/c1-16(2,3)21(19,17(4,5)6)13-15(18)20-12-14-10-8-7-9-11-14;10-11-6-9(12)13-7-8-4-2-1-3-5-8/h7-11,19H,12-13H2,1-6H3;1-6H,7H2. The van der Waals surface area contributed by atoms with Gasteiger partial charge in [-0.2, -0.15) is 4.79 Å². The summed E-state index contributed by atoms with van der Waals surface area (Å²) < 4.78 is 10.1. The van der Waals surface area contributed by atoms with Gasteiger partial charge in [-0.05, 0) is 21.2 Å². The molecule has 0 aliphatic carbocycles. The molecule has 0 radical (unpaired) electrons. The molecule has 0 saturated heterocycles. The molecule has 0 saturated carbocycles. The van der Waals surface area contributed by atoms with Crippen LogP contribution in [0.3, 0.4) is 0 Å². The van der Waals surface area contributed by atoms with Crippen molar-refractivity contribution in [1.29, 1.82) is 0 Å². The van der Waals surface area contributed by atoms with E-state index >= 15 is 0 Å². The number of benzene rings is 2. The van der Waals surface area contributed by atoms with Crippen LogP contribution in [0.5, 0.6) is 0 Å². The summed E-state index contributed by atoms with van der Waals surface area (Å²) in [5.74, 6) is -0.968. The summed E-state index contributed by atoms with van der Waals surface area (Å²) in [6.45, 7) is 12.5. The van der Waals surface area contributed by atoms with E-state index in [0.717, 1.165) is 11.1 Å². The van der Waals surface area contributed by atoms with Crippen molar-refractivity contribution in [2.75, 3.05) is 0 Å². The lowest BCUT2D eigenvalue weighted by Gasteiger charge is -2.46. The molecule has 0 aromatic heterocycles. The van der Waals surface area contributed by atoms with E-state index < -0.39 is 14.3 Å². The number of carbonyl (C=O) groups is 2. The molecule has 0 amide bonds. The Morgan fingerprint density at radius 2 is 1.26 bits per heavy atom. The maximum Gasteiger partial charge on any atom is 0.413 e. The number of esters is 2. The third-order valence-corrected chi connectivity index (χ3v) is 11.3. The van der Waals surface area contributed by atoms with Crippen LogP contribution in [-0.2, 0) is 32.3 Å². The van der Waals surface area contributed by atoms with Crippen LogP contribution in [0.1, 0.15) is 52.7 Å². The highest BCUT2D eigenvalue weighted by Gasteiger charge is 2.54. The minimum atomic E-state index is -2.83.